The molecule has 0 saturated heterocycles. The number of rotatable bonds is 6. The Hall–Kier alpha value is -3.15. The molecule has 1 aliphatic heterocycles. The number of anilines is 1. The summed E-state index contributed by atoms with van der Waals surface area (Å²) in [5.41, 5.74) is 3.37. The number of hydrogen-bond acceptors (Lipinski definition) is 4. The quantitative estimate of drug-likeness (QED) is 0.795. The van der Waals surface area contributed by atoms with Crippen molar-refractivity contribution in [1.82, 2.24) is 10.2 Å². The molecule has 0 atom stereocenters. The SMILES string of the molecule is CN(C)c1ccc(CNC(=O)CCN2C(=O)Cc3ccccc3C2=O)cc1. The molecule has 1 heterocycles. The molecule has 2 aromatic rings. The van der Waals surface area contributed by atoms with E-state index in [2.05, 4.69) is 5.32 Å². The molecule has 2 aromatic carbocycles. The van der Waals surface area contributed by atoms with Gasteiger partial charge in [0, 0.05) is 44.9 Å². The molecule has 0 aliphatic carbocycles. The molecule has 0 aromatic heterocycles. The van der Waals surface area contributed by atoms with Crippen molar-refractivity contribution in [3.05, 3.63) is 65.2 Å². The molecule has 0 radical (unpaired) electrons. The Morgan fingerprint density at radius 3 is 2.48 bits per heavy atom. The van der Waals surface area contributed by atoms with Crippen molar-refractivity contribution in [3.8, 4) is 0 Å². The van der Waals surface area contributed by atoms with Gasteiger partial charge < -0.3 is 10.2 Å². The fourth-order valence-corrected chi connectivity index (χ4v) is 3.04. The lowest BCUT2D eigenvalue weighted by Crippen LogP contribution is -2.44. The molecule has 6 heteroatoms. The van der Waals surface area contributed by atoms with Crippen LogP contribution in [0.1, 0.15) is 27.9 Å². The number of nitrogens with one attached hydrogen (secondary N) is 1. The van der Waals surface area contributed by atoms with Gasteiger partial charge in [0.1, 0.15) is 0 Å². The van der Waals surface area contributed by atoms with E-state index in [0.717, 1.165) is 16.8 Å². The first kappa shape index (κ1) is 18.6. The maximum Gasteiger partial charge on any atom is 0.260 e. The lowest BCUT2D eigenvalue weighted by Gasteiger charge is -2.26. The number of benzene rings is 2. The summed E-state index contributed by atoms with van der Waals surface area (Å²) in [6.45, 7) is 0.509. The second-order valence-corrected chi connectivity index (χ2v) is 6.77. The van der Waals surface area contributed by atoms with E-state index in [0.29, 0.717) is 12.1 Å². The predicted octanol–water partition coefficient (Wildman–Crippen LogP) is 1.98. The van der Waals surface area contributed by atoms with E-state index >= 15 is 0 Å². The van der Waals surface area contributed by atoms with E-state index in [1.807, 2.05) is 49.3 Å². The zero-order chi connectivity index (χ0) is 19.4. The van der Waals surface area contributed by atoms with Crippen LogP contribution in [0.5, 0.6) is 0 Å². The smallest absolute Gasteiger partial charge is 0.260 e. The summed E-state index contributed by atoms with van der Waals surface area (Å²) in [4.78, 5) is 40.0. The first-order valence-electron chi connectivity index (χ1n) is 8.91. The van der Waals surface area contributed by atoms with E-state index in [9.17, 15) is 14.4 Å². The van der Waals surface area contributed by atoms with Gasteiger partial charge in [-0.05, 0) is 29.3 Å². The van der Waals surface area contributed by atoms with E-state index in [1.165, 1.54) is 4.90 Å². The second kappa shape index (κ2) is 8.03. The van der Waals surface area contributed by atoms with Crippen molar-refractivity contribution in [2.45, 2.75) is 19.4 Å². The van der Waals surface area contributed by atoms with Crippen LogP contribution < -0.4 is 10.2 Å². The van der Waals surface area contributed by atoms with Gasteiger partial charge in [-0.2, -0.15) is 0 Å². The normalized spacial score (nSPS) is 13.3. The van der Waals surface area contributed by atoms with Crippen molar-refractivity contribution in [1.29, 1.82) is 0 Å². The molecule has 6 nitrogen and oxygen atoms in total. The van der Waals surface area contributed by atoms with Gasteiger partial charge in [-0.15, -0.1) is 0 Å². The van der Waals surface area contributed by atoms with Gasteiger partial charge in [0.2, 0.25) is 11.8 Å². The molecule has 0 unspecified atom stereocenters. The zero-order valence-electron chi connectivity index (χ0n) is 15.6. The first-order chi connectivity index (χ1) is 13.0. The third-order valence-electron chi connectivity index (χ3n) is 4.64. The summed E-state index contributed by atoms with van der Waals surface area (Å²) in [5, 5.41) is 2.83. The summed E-state index contributed by atoms with van der Waals surface area (Å²) < 4.78 is 0. The van der Waals surface area contributed by atoms with Crippen molar-refractivity contribution in [2.24, 2.45) is 0 Å². The minimum absolute atomic E-state index is 0.0927. The molecule has 0 saturated carbocycles. The highest BCUT2D eigenvalue weighted by atomic mass is 16.2. The minimum Gasteiger partial charge on any atom is -0.378 e. The second-order valence-electron chi connectivity index (χ2n) is 6.77. The Morgan fingerprint density at radius 1 is 1.07 bits per heavy atom. The molecule has 1 aliphatic rings. The highest BCUT2D eigenvalue weighted by molar-refractivity contribution is 6.09. The average molecular weight is 365 g/mol. The third kappa shape index (κ3) is 4.34. The van der Waals surface area contributed by atoms with Crippen LogP contribution in [0.4, 0.5) is 5.69 Å². The van der Waals surface area contributed by atoms with Crippen LogP contribution in [0.2, 0.25) is 0 Å². The number of nitrogens with zero attached hydrogens (tertiary/aromatic N) is 2. The lowest BCUT2D eigenvalue weighted by atomic mass is 9.98. The van der Waals surface area contributed by atoms with Gasteiger partial charge in [-0.1, -0.05) is 30.3 Å². The Kier molecular flexibility index (Phi) is 5.54. The topological polar surface area (TPSA) is 69.7 Å². The molecule has 3 rings (SSSR count). The van der Waals surface area contributed by atoms with E-state index < -0.39 is 0 Å². The predicted molar refractivity (Wildman–Crippen MR) is 103 cm³/mol. The van der Waals surface area contributed by atoms with E-state index in [4.69, 9.17) is 0 Å². The highest BCUT2D eigenvalue weighted by Gasteiger charge is 2.30. The monoisotopic (exact) mass is 365 g/mol. The summed E-state index contributed by atoms with van der Waals surface area (Å²) in [5.74, 6) is -0.772. The summed E-state index contributed by atoms with van der Waals surface area (Å²) in [6.07, 6.45) is 0.289. The van der Waals surface area contributed by atoms with Crippen LogP contribution in [-0.4, -0.2) is 43.3 Å². The summed E-state index contributed by atoms with van der Waals surface area (Å²) in [6, 6.07) is 15.0. The maximum atomic E-state index is 12.5. The van der Waals surface area contributed by atoms with Gasteiger partial charge in [0.25, 0.3) is 5.91 Å². The van der Waals surface area contributed by atoms with Gasteiger partial charge >= 0.3 is 0 Å². The molecular weight excluding hydrogens is 342 g/mol. The molecule has 0 spiro atoms. The number of carbonyl (C=O) groups is 3. The number of amides is 3. The fraction of sp³-hybridized carbons (Fsp3) is 0.286. The molecule has 0 fully saturated rings. The molecule has 3 amide bonds. The number of fused-ring (bicyclic) bond motifs is 1. The van der Waals surface area contributed by atoms with Gasteiger partial charge in [-0.3, -0.25) is 19.3 Å². The molecule has 140 valence electrons. The molecule has 1 N–H and O–H groups in total. The Balaban J connectivity index is 1.52. The molecule has 27 heavy (non-hydrogen) atoms. The van der Waals surface area contributed by atoms with Gasteiger partial charge in [-0.25, -0.2) is 0 Å². The van der Waals surface area contributed by atoms with Crippen molar-refractivity contribution in [2.75, 3.05) is 25.5 Å². The Morgan fingerprint density at radius 2 is 1.78 bits per heavy atom. The number of hydrogen-bond donors (Lipinski definition) is 1. The highest BCUT2D eigenvalue weighted by Crippen LogP contribution is 2.19. The van der Waals surface area contributed by atoms with Crippen LogP contribution >= 0.6 is 0 Å². The van der Waals surface area contributed by atoms with Crippen LogP contribution in [0.15, 0.2) is 48.5 Å². The Labute approximate surface area is 158 Å². The first-order valence-corrected chi connectivity index (χ1v) is 8.91. The zero-order valence-corrected chi connectivity index (χ0v) is 15.6. The number of imide groups is 1. The van der Waals surface area contributed by atoms with Gasteiger partial charge in [0.05, 0.1) is 6.42 Å². The average Bonchev–Trinajstić information content (AvgIpc) is 2.66. The lowest BCUT2D eigenvalue weighted by molar-refractivity contribution is -0.129. The molecule has 0 bridgehead atoms. The third-order valence-corrected chi connectivity index (χ3v) is 4.64. The standard InChI is InChI=1S/C21H23N3O3/c1-23(2)17-9-7-15(8-10-17)14-22-19(25)11-12-24-20(26)13-16-5-3-4-6-18(16)21(24)27/h3-10H,11-14H2,1-2H3,(H,22,25). The van der Waals surface area contributed by atoms with Crippen molar-refractivity contribution < 1.29 is 14.4 Å². The van der Waals surface area contributed by atoms with Gasteiger partial charge in [0.15, 0.2) is 0 Å². The minimum atomic E-state index is -0.325. The number of carbonyl (C=O) groups excluding carboxylic acids is 3. The molecular formula is C21H23N3O3. The Bertz CT molecular complexity index is 859. The van der Waals surface area contributed by atoms with Crippen LogP contribution in [-0.2, 0) is 22.6 Å². The largest absolute Gasteiger partial charge is 0.378 e. The summed E-state index contributed by atoms with van der Waals surface area (Å²) in [7, 11) is 3.94. The van der Waals surface area contributed by atoms with E-state index in [-0.39, 0.29) is 37.1 Å². The summed E-state index contributed by atoms with van der Waals surface area (Å²) >= 11 is 0. The van der Waals surface area contributed by atoms with Crippen LogP contribution in [0.3, 0.4) is 0 Å². The van der Waals surface area contributed by atoms with Crippen LogP contribution in [0, 0.1) is 0 Å². The van der Waals surface area contributed by atoms with E-state index in [1.54, 1.807) is 18.2 Å². The maximum absolute atomic E-state index is 12.5. The van der Waals surface area contributed by atoms with Crippen molar-refractivity contribution >= 4 is 23.4 Å². The van der Waals surface area contributed by atoms with Crippen molar-refractivity contribution in [3.63, 3.8) is 0 Å². The van der Waals surface area contributed by atoms with Crippen LogP contribution in [0.25, 0.3) is 0 Å². The fourth-order valence-electron chi connectivity index (χ4n) is 3.04.